The SMILES string of the molecule is CN1CCCN(CCCC2CCNC2)CC1. The van der Waals surface area contributed by atoms with Gasteiger partial charge >= 0.3 is 0 Å². The molecule has 0 radical (unpaired) electrons. The van der Waals surface area contributed by atoms with Gasteiger partial charge in [0.2, 0.25) is 0 Å². The zero-order chi connectivity index (χ0) is 11.2. The molecule has 2 aliphatic rings. The predicted octanol–water partition coefficient (Wildman–Crippen LogP) is 1.01. The fourth-order valence-electron chi connectivity index (χ4n) is 2.89. The zero-order valence-corrected chi connectivity index (χ0v) is 10.7. The van der Waals surface area contributed by atoms with Crippen LogP contribution in [0.1, 0.15) is 25.7 Å². The number of hydrogen-bond acceptors (Lipinski definition) is 3. The van der Waals surface area contributed by atoms with Crippen LogP contribution in [-0.2, 0) is 0 Å². The third-order valence-corrected chi connectivity index (χ3v) is 4.06. The summed E-state index contributed by atoms with van der Waals surface area (Å²) in [5.74, 6) is 0.967. The maximum Gasteiger partial charge on any atom is 0.0109 e. The molecule has 2 heterocycles. The summed E-state index contributed by atoms with van der Waals surface area (Å²) >= 11 is 0. The topological polar surface area (TPSA) is 18.5 Å². The quantitative estimate of drug-likeness (QED) is 0.770. The maximum atomic E-state index is 3.46. The molecule has 3 heteroatoms. The van der Waals surface area contributed by atoms with E-state index in [0.29, 0.717) is 0 Å². The molecule has 0 spiro atoms. The van der Waals surface area contributed by atoms with E-state index in [4.69, 9.17) is 0 Å². The van der Waals surface area contributed by atoms with E-state index in [9.17, 15) is 0 Å². The fourth-order valence-corrected chi connectivity index (χ4v) is 2.89. The molecular weight excluding hydrogens is 198 g/mol. The van der Waals surface area contributed by atoms with Crippen LogP contribution in [0, 0.1) is 5.92 Å². The summed E-state index contributed by atoms with van der Waals surface area (Å²) in [6.07, 6.45) is 5.58. The van der Waals surface area contributed by atoms with Gasteiger partial charge in [0, 0.05) is 13.1 Å². The lowest BCUT2D eigenvalue weighted by Crippen LogP contribution is -2.30. The van der Waals surface area contributed by atoms with Crippen molar-refractivity contribution in [3.8, 4) is 0 Å². The molecule has 16 heavy (non-hydrogen) atoms. The Hall–Kier alpha value is -0.120. The average Bonchev–Trinajstić information content (AvgIpc) is 2.70. The Morgan fingerprint density at radius 1 is 1.19 bits per heavy atom. The van der Waals surface area contributed by atoms with E-state index in [1.807, 2.05) is 0 Å². The molecule has 2 saturated heterocycles. The number of nitrogens with one attached hydrogen (secondary N) is 1. The van der Waals surface area contributed by atoms with Gasteiger partial charge in [-0.25, -0.2) is 0 Å². The molecule has 2 rings (SSSR count). The first-order valence-corrected chi connectivity index (χ1v) is 6.96. The molecule has 1 unspecified atom stereocenters. The van der Waals surface area contributed by atoms with E-state index in [0.717, 1.165) is 5.92 Å². The predicted molar refractivity (Wildman–Crippen MR) is 68.8 cm³/mol. The third-order valence-electron chi connectivity index (χ3n) is 4.06. The Morgan fingerprint density at radius 3 is 2.94 bits per heavy atom. The van der Waals surface area contributed by atoms with Crippen LogP contribution < -0.4 is 5.32 Å². The van der Waals surface area contributed by atoms with Crippen molar-refractivity contribution in [3.63, 3.8) is 0 Å². The van der Waals surface area contributed by atoms with Crippen molar-refractivity contribution in [2.75, 3.05) is 52.9 Å². The van der Waals surface area contributed by atoms with Gasteiger partial charge in [-0.05, 0) is 71.4 Å². The summed E-state index contributed by atoms with van der Waals surface area (Å²) in [5.41, 5.74) is 0. The molecule has 3 nitrogen and oxygen atoms in total. The normalized spacial score (nSPS) is 29.4. The molecule has 1 N–H and O–H groups in total. The van der Waals surface area contributed by atoms with Crippen LogP contribution in [0.4, 0.5) is 0 Å². The molecule has 1 atom stereocenters. The molecule has 0 aromatic rings. The van der Waals surface area contributed by atoms with Crippen LogP contribution in [0.25, 0.3) is 0 Å². The molecule has 94 valence electrons. The Balaban J connectivity index is 1.57. The molecule has 0 aromatic heterocycles. The monoisotopic (exact) mass is 225 g/mol. The van der Waals surface area contributed by atoms with E-state index < -0.39 is 0 Å². The molecule has 0 saturated carbocycles. The van der Waals surface area contributed by atoms with Gasteiger partial charge in [-0.15, -0.1) is 0 Å². The fraction of sp³-hybridized carbons (Fsp3) is 1.00. The highest BCUT2D eigenvalue weighted by Gasteiger charge is 2.15. The summed E-state index contributed by atoms with van der Waals surface area (Å²) in [4.78, 5) is 5.12. The van der Waals surface area contributed by atoms with Gasteiger partial charge in [0.05, 0.1) is 0 Å². The second-order valence-electron chi connectivity index (χ2n) is 5.50. The molecular formula is C13H27N3. The van der Waals surface area contributed by atoms with Crippen LogP contribution in [0.15, 0.2) is 0 Å². The summed E-state index contributed by atoms with van der Waals surface area (Å²) in [7, 11) is 2.24. The van der Waals surface area contributed by atoms with Crippen LogP contribution >= 0.6 is 0 Å². The highest BCUT2D eigenvalue weighted by Crippen LogP contribution is 2.14. The van der Waals surface area contributed by atoms with Gasteiger partial charge in [0.15, 0.2) is 0 Å². The lowest BCUT2D eigenvalue weighted by Gasteiger charge is -2.20. The summed E-state index contributed by atoms with van der Waals surface area (Å²) < 4.78 is 0. The number of rotatable bonds is 4. The van der Waals surface area contributed by atoms with Crippen LogP contribution in [0.2, 0.25) is 0 Å². The minimum Gasteiger partial charge on any atom is -0.316 e. The first-order chi connectivity index (χ1) is 7.84. The second-order valence-corrected chi connectivity index (χ2v) is 5.50. The number of nitrogens with zero attached hydrogens (tertiary/aromatic N) is 2. The van der Waals surface area contributed by atoms with Crippen molar-refractivity contribution >= 4 is 0 Å². The maximum absolute atomic E-state index is 3.46. The lowest BCUT2D eigenvalue weighted by molar-refractivity contribution is 0.265. The van der Waals surface area contributed by atoms with Crippen molar-refractivity contribution in [2.45, 2.75) is 25.7 Å². The van der Waals surface area contributed by atoms with E-state index in [1.54, 1.807) is 0 Å². The molecule has 2 fully saturated rings. The summed E-state index contributed by atoms with van der Waals surface area (Å²) in [6, 6.07) is 0. The van der Waals surface area contributed by atoms with E-state index in [-0.39, 0.29) is 0 Å². The molecule has 0 aromatic carbocycles. The van der Waals surface area contributed by atoms with Crippen molar-refractivity contribution in [1.29, 1.82) is 0 Å². The van der Waals surface area contributed by atoms with Gasteiger partial charge in [0.25, 0.3) is 0 Å². The first-order valence-electron chi connectivity index (χ1n) is 6.96. The van der Waals surface area contributed by atoms with E-state index >= 15 is 0 Å². The second kappa shape index (κ2) is 6.58. The van der Waals surface area contributed by atoms with E-state index in [2.05, 4.69) is 22.2 Å². The minimum atomic E-state index is 0.967. The van der Waals surface area contributed by atoms with Gasteiger partial charge < -0.3 is 15.1 Å². The Kier molecular flexibility index (Phi) is 5.07. The zero-order valence-electron chi connectivity index (χ0n) is 10.7. The summed E-state index contributed by atoms with van der Waals surface area (Å²) in [6.45, 7) is 8.97. The molecule has 2 aliphatic heterocycles. The molecule has 0 bridgehead atoms. The van der Waals surface area contributed by atoms with Crippen LogP contribution in [-0.4, -0.2) is 62.7 Å². The van der Waals surface area contributed by atoms with Gasteiger partial charge in [0.1, 0.15) is 0 Å². The lowest BCUT2D eigenvalue weighted by atomic mass is 10.0. The number of likely N-dealkylation sites (N-methyl/N-ethyl adjacent to an activating group) is 1. The first kappa shape index (κ1) is 12.3. The van der Waals surface area contributed by atoms with Crippen molar-refractivity contribution < 1.29 is 0 Å². The minimum absolute atomic E-state index is 0.967. The van der Waals surface area contributed by atoms with Gasteiger partial charge in [-0.2, -0.15) is 0 Å². The average molecular weight is 225 g/mol. The Morgan fingerprint density at radius 2 is 2.12 bits per heavy atom. The smallest absolute Gasteiger partial charge is 0.0109 e. The highest BCUT2D eigenvalue weighted by molar-refractivity contribution is 4.72. The van der Waals surface area contributed by atoms with Crippen molar-refractivity contribution in [1.82, 2.24) is 15.1 Å². The third kappa shape index (κ3) is 4.04. The molecule has 0 amide bonds. The molecule has 0 aliphatic carbocycles. The number of hydrogen-bond donors (Lipinski definition) is 1. The Bertz CT molecular complexity index is 190. The standard InChI is InChI=1S/C13H27N3/c1-15-7-3-9-16(11-10-15)8-2-4-13-5-6-14-12-13/h13-14H,2-12H2,1H3. The highest BCUT2D eigenvalue weighted by atomic mass is 15.2. The van der Waals surface area contributed by atoms with Crippen LogP contribution in [0.5, 0.6) is 0 Å². The van der Waals surface area contributed by atoms with Crippen LogP contribution in [0.3, 0.4) is 0 Å². The van der Waals surface area contributed by atoms with Crippen molar-refractivity contribution in [2.24, 2.45) is 5.92 Å². The van der Waals surface area contributed by atoms with Gasteiger partial charge in [-0.1, -0.05) is 0 Å². The Labute approximate surface area is 100 Å². The van der Waals surface area contributed by atoms with E-state index in [1.165, 1.54) is 71.5 Å². The van der Waals surface area contributed by atoms with Gasteiger partial charge in [-0.3, -0.25) is 0 Å². The summed E-state index contributed by atoms with van der Waals surface area (Å²) in [5, 5.41) is 3.46. The largest absolute Gasteiger partial charge is 0.316 e. The van der Waals surface area contributed by atoms with Crippen molar-refractivity contribution in [3.05, 3.63) is 0 Å².